The van der Waals surface area contributed by atoms with Gasteiger partial charge in [-0.05, 0) is 11.4 Å². The Hall–Kier alpha value is -1.65. The van der Waals surface area contributed by atoms with Gasteiger partial charge in [0.1, 0.15) is 5.69 Å². The minimum atomic E-state index is -0.881. The third-order valence-electron chi connectivity index (χ3n) is 2.60. The van der Waals surface area contributed by atoms with Crippen molar-refractivity contribution in [3.8, 4) is 0 Å². The quantitative estimate of drug-likeness (QED) is 0.804. The first-order valence-electron chi connectivity index (χ1n) is 4.85. The second-order valence-corrected chi connectivity index (χ2v) is 4.50. The Kier molecular flexibility index (Phi) is 2.77. The summed E-state index contributed by atoms with van der Waals surface area (Å²) in [5, 5.41) is 12.1. The van der Waals surface area contributed by atoms with Crippen LogP contribution in [0.25, 0.3) is 0 Å². The van der Waals surface area contributed by atoms with E-state index in [1.807, 2.05) is 47.8 Å². The highest BCUT2D eigenvalue weighted by molar-refractivity contribution is 7.14. The van der Waals surface area contributed by atoms with Crippen LogP contribution in [0.2, 0.25) is 0 Å². The summed E-state index contributed by atoms with van der Waals surface area (Å²) in [7, 11) is 1.68. The van der Waals surface area contributed by atoms with Crippen LogP contribution in [-0.4, -0.2) is 18.2 Å². The molecule has 0 saturated carbocycles. The zero-order chi connectivity index (χ0) is 11.6. The second kappa shape index (κ2) is 4.08. The molecule has 0 aliphatic heterocycles. The fourth-order valence-corrected chi connectivity index (χ4v) is 2.43. The Balaban J connectivity index is 2.58. The van der Waals surface area contributed by atoms with Gasteiger partial charge in [-0.15, -0.1) is 0 Å². The van der Waals surface area contributed by atoms with E-state index in [2.05, 4.69) is 0 Å². The Labute approximate surface area is 97.8 Å². The smallest absolute Gasteiger partial charge is 0.435 e. The molecule has 1 aromatic heterocycles. The number of hydrogen-bond acceptors (Lipinski definition) is 2. The molecule has 2 aromatic rings. The van der Waals surface area contributed by atoms with Gasteiger partial charge in [-0.2, -0.15) is 9.28 Å². The van der Waals surface area contributed by atoms with Crippen LogP contribution in [0.1, 0.15) is 0 Å². The van der Waals surface area contributed by atoms with Crippen molar-refractivity contribution in [1.82, 2.24) is 4.48 Å². The van der Waals surface area contributed by atoms with E-state index in [-0.39, 0.29) is 4.48 Å². The Bertz CT molecular complexity index is 481. The predicted octanol–water partition coefficient (Wildman–Crippen LogP) is 3.69. The van der Waals surface area contributed by atoms with Gasteiger partial charge in [0.15, 0.2) is 0 Å². The molecule has 1 N–H and O–H groups in total. The van der Waals surface area contributed by atoms with Gasteiger partial charge in [0, 0.05) is 18.2 Å². The van der Waals surface area contributed by atoms with Crippen LogP contribution in [-0.2, 0) is 0 Å². The molecule has 16 heavy (non-hydrogen) atoms. The zero-order valence-electron chi connectivity index (χ0n) is 8.83. The van der Waals surface area contributed by atoms with Crippen LogP contribution in [0.3, 0.4) is 0 Å². The van der Waals surface area contributed by atoms with Crippen LogP contribution < -0.4 is 4.48 Å². The molecule has 1 heterocycles. The van der Waals surface area contributed by atoms with E-state index in [0.29, 0.717) is 0 Å². The van der Waals surface area contributed by atoms with E-state index < -0.39 is 6.09 Å². The number of rotatable bonds is 2. The van der Waals surface area contributed by atoms with Crippen molar-refractivity contribution >= 4 is 28.1 Å². The van der Waals surface area contributed by atoms with Gasteiger partial charge >= 0.3 is 6.09 Å². The SMILES string of the molecule is C[N+](C(=O)O)(c1ccccc1)c1cccs1. The van der Waals surface area contributed by atoms with Crippen molar-refractivity contribution in [1.29, 1.82) is 0 Å². The number of hydrogen-bond donors (Lipinski definition) is 1. The first-order chi connectivity index (χ1) is 7.65. The highest BCUT2D eigenvalue weighted by atomic mass is 32.1. The van der Waals surface area contributed by atoms with E-state index in [1.165, 1.54) is 11.3 Å². The number of carbonyl (C=O) groups is 1. The summed E-state index contributed by atoms with van der Waals surface area (Å²) in [5.41, 5.74) is 0.748. The number of quaternary nitrogens is 1. The standard InChI is InChI=1S/C12H11NO2S/c1-13(12(14)15,11-8-5-9-16-11)10-6-3-2-4-7-10/h2-9H,1H3/p+1. The lowest BCUT2D eigenvalue weighted by molar-refractivity contribution is 0.173. The molecule has 2 rings (SSSR count). The summed E-state index contributed by atoms with van der Waals surface area (Å²) in [6, 6.07) is 12.9. The third kappa shape index (κ3) is 1.62. The van der Waals surface area contributed by atoms with E-state index >= 15 is 0 Å². The molecule has 1 unspecified atom stereocenters. The maximum Gasteiger partial charge on any atom is 0.524 e. The lowest BCUT2D eigenvalue weighted by atomic mass is 10.2. The molecule has 0 aliphatic carbocycles. The second-order valence-electron chi connectivity index (χ2n) is 3.58. The normalized spacial score (nSPS) is 14.3. The summed E-state index contributed by atoms with van der Waals surface area (Å²) in [5.74, 6) is 0. The topological polar surface area (TPSA) is 37.3 Å². The molecule has 1 aromatic carbocycles. The Morgan fingerprint density at radius 1 is 1.19 bits per heavy atom. The van der Waals surface area contributed by atoms with E-state index in [0.717, 1.165) is 10.7 Å². The summed E-state index contributed by atoms with van der Waals surface area (Å²) in [6.07, 6.45) is -0.881. The highest BCUT2D eigenvalue weighted by Gasteiger charge is 2.38. The van der Waals surface area contributed by atoms with Gasteiger partial charge in [-0.3, -0.25) is 0 Å². The minimum absolute atomic E-state index is 0.210. The maximum absolute atomic E-state index is 11.5. The van der Waals surface area contributed by atoms with Crippen LogP contribution in [0.4, 0.5) is 15.5 Å². The fraction of sp³-hybridized carbons (Fsp3) is 0.0833. The van der Waals surface area contributed by atoms with Gasteiger partial charge in [-0.25, -0.2) is 0 Å². The fourth-order valence-electron chi connectivity index (χ4n) is 1.58. The average molecular weight is 234 g/mol. The summed E-state index contributed by atoms with van der Waals surface area (Å²) in [4.78, 5) is 11.5. The van der Waals surface area contributed by atoms with Gasteiger partial charge in [0.25, 0.3) is 0 Å². The Morgan fingerprint density at radius 3 is 2.38 bits per heavy atom. The molecule has 0 aliphatic rings. The van der Waals surface area contributed by atoms with Crippen molar-refractivity contribution in [3.63, 3.8) is 0 Å². The summed E-state index contributed by atoms with van der Waals surface area (Å²) < 4.78 is -0.210. The molecule has 0 radical (unpaired) electrons. The van der Waals surface area contributed by atoms with Crippen molar-refractivity contribution in [2.75, 3.05) is 7.05 Å². The number of para-hydroxylation sites is 1. The predicted molar refractivity (Wildman–Crippen MR) is 66.2 cm³/mol. The molecule has 0 bridgehead atoms. The van der Waals surface area contributed by atoms with Crippen molar-refractivity contribution in [3.05, 3.63) is 47.8 Å². The number of amides is 1. The zero-order valence-corrected chi connectivity index (χ0v) is 9.65. The summed E-state index contributed by atoms with van der Waals surface area (Å²) >= 11 is 1.44. The van der Waals surface area contributed by atoms with Crippen LogP contribution in [0.15, 0.2) is 47.8 Å². The molecular weight excluding hydrogens is 222 g/mol. The highest BCUT2D eigenvalue weighted by Crippen LogP contribution is 2.35. The molecule has 1 amide bonds. The first kappa shape index (κ1) is 10.9. The lowest BCUT2D eigenvalue weighted by Crippen LogP contribution is -2.44. The third-order valence-corrected chi connectivity index (χ3v) is 3.64. The minimum Gasteiger partial charge on any atom is -0.435 e. The van der Waals surface area contributed by atoms with E-state index in [9.17, 15) is 9.90 Å². The number of thiophene rings is 1. The maximum atomic E-state index is 11.5. The van der Waals surface area contributed by atoms with Crippen molar-refractivity contribution in [2.24, 2.45) is 0 Å². The number of benzene rings is 1. The molecular formula is C12H12NO2S+. The van der Waals surface area contributed by atoms with Gasteiger partial charge in [0.2, 0.25) is 5.00 Å². The van der Waals surface area contributed by atoms with Crippen LogP contribution >= 0.6 is 11.3 Å². The van der Waals surface area contributed by atoms with Gasteiger partial charge < -0.3 is 5.11 Å². The van der Waals surface area contributed by atoms with Crippen molar-refractivity contribution < 1.29 is 9.90 Å². The molecule has 0 saturated heterocycles. The number of nitrogens with zero attached hydrogens (tertiary/aromatic N) is 1. The summed E-state index contributed by atoms with van der Waals surface area (Å²) in [6.45, 7) is 0. The molecule has 0 fully saturated rings. The van der Waals surface area contributed by atoms with Crippen LogP contribution in [0, 0.1) is 0 Å². The van der Waals surface area contributed by atoms with Gasteiger partial charge in [0.05, 0.1) is 7.05 Å². The van der Waals surface area contributed by atoms with E-state index in [1.54, 1.807) is 7.05 Å². The largest absolute Gasteiger partial charge is 0.524 e. The molecule has 82 valence electrons. The molecule has 3 nitrogen and oxygen atoms in total. The first-order valence-corrected chi connectivity index (χ1v) is 5.73. The van der Waals surface area contributed by atoms with Gasteiger partial charge in [-0.1, -0.05) is 29.5 Å². The molecule has 4 heteroatoms. The number of carboxylic acid groups (broad SMARTS) is 1. The van der Waals surface area contributed by atoms with E-state index in [4.69, 9.17) is 0 Å². The molecule has 0 spiro atoms. The monoisotopic (exact) mass is 234 g/mol. The average Bonchev–Trinajstić information content (AvgIpc) is 2.82. The van der Waals surface area contributed by atoms with Crippen molar-refractivity contribution in [2.45, 2.75) is 0 Å². The van der Waals surface area contributed by atoms with Crippen LogP contribution in [0.5, 0.6) is 0 Å². The molecule has 1 atom stereocenters. The lowest BCUT2D eigenvalue weighted by Gasteiger charge is -2.25. The Morgan fingerprint density at radius 2 is 1.88 bits per heavy atom.